The molecule has 1 atom stereocenters. The maximum absolute atomic E-state index is 12.5. The van der Waals surface area contributed by atoms with Gasteiger partial charge in [0, 0.05) is 25.0 Å². The monoisotopic (exact) mass is 299 g/mol. The van der Waals surface area contributed by atoms with Gasteiger partial charge in [0.25, 0.3) is 5.91 Å². The van der Waals surface area contributed by atoms with Crippen LogP contribution in [-0.4, -0.2) is 41.5 Å². The Balaban J connectivity index is 1.79. The van der Waals surface area contributed by atoms with E-state index >= 15 is 0 Å². The number of hydrogen-bond donors (Lipinski definition) is 1. The largest absolute Gasteiger partial charge is 0.497 e. The maximum Gasteiger partial charge on any atom is 0.270 e. The first-order valence-electron chi connectivity index (χ1n) is 6.97. The number of carbonyl (C=O) groups excluding carboxylic acids is 2. The van der Waals surface area contributed by atoms with Crippen molar-refractivity contribution in [3.8, 4) is 5.75 Å². The smallest absolute Gasteiger partial charge is 0.270 e. The van der Waals surface area contributed by atoms with Gasteiger partial charge in [-0.2, -0.15) is 0 Å². The average molecular weight is 299 g/mol. The van der Waals surface area contributed by atoms with E-state index in [4.69, 9.17) is 4.74 Å². The van der Waals surface area contributed by atoms with Crippen molar-refractivity contribution in [2.45, 2.75) is 12.6 Å². The van der Waals surface area contributed by atoms with Crippen molar-refractivity contribution in [1.29, 1.82) is 0 Å². The molecule has 1 aromatic heterocycles. The predicted molar refractivity (Wildman–Crippen MR) is 81.9 cm³/mol. The van der Waals surface area contributed by atoms with E-state index < -0.39 is 6.04 Å². The molecule has 1 aromatic carbocycles. The van der Waals surface area contributed by atoms with Crippen LogP contribution in [-0.2, 0) is 11.3 Å². The Morgan fingerprint density at radius 1 is 1.32 bits per heavy atom. The van der Waals surface area contributed by atoms with E-state index in [2.05, 4.69) is 5.32 Å². The highest BCUT2D eigenvalue weighted by Crippen LogP contribution is 2.20. The van der Waals surface area contributed by atoms with Gasteiger partial charge in [-0.05, 0) is 24.3 Å². The summed E-state index contributed by atoms with van der Waals surface area (Å²) in [5.41, 5.74) is 1.25. The van der Waals surface area contributed by atoms with Crippen molar-refractivity contribution < 1.29 is 14.3 Å². The molecule has 0 fully saturated rings. The molecule has 2 amide bonds. The quantitative estimate of drug-likeness (QED) is 0.936. The molecule has 1 N–H and O–H groups in total. The lowest BCUT2D eigenvalue weighted by molar-refractivity contribution is -0.120. The second-order valence-corrected chi connectivity index (χ2v) is 5.20. The number of amides is 2. The number of ether oxygens (including phenoxy) is 1. The number of methoxy groups -OCH3 is 1. The first-order chi connectivity index (χ1) is 10.6. The van der Waals surface area contributed by atoms with Gasteiger partial charge >= 0.3 is 0 Å². The Labute approximate surface area is 128 Å². The van der Waals surface area contributed by atoms with E-state index in [1.165, 1.54) is 4.90 Å². The van der Waals surface area contributed by atoms with Crippen LogP contribution in [0.2, 0.25) is 0 Å². The number of benzene rings is 1. The molecule has 2 heterocycles. The van der Waals surface area contributed by atoms with Gasteiger partial charge in [0.2, 0.25) is 5.91 Å². The van der Waals surface area contributed by atoms with Crippen molar-refractivity contribution in [3.05, 3.63) is 48.3 Å². The molecule has 0 radical (unpaired) electrons. The Bertz CT molecular complexity index is 723. The van der Waals surface area contributed by atoms with Crippen LogP contribution in [0, 0.1) is 0 Å². The van der Waals surface area contributed by atoms with Crippen LogP contribution in [0.5, 0.6) is 5.75 Å². The van der Waals surface area contributed by atoms with Crippen molar-refractivity contribution in [1.82, 2.24) is 9.47 Å². The normalized spacial score (nSPS) is 17.1. The summed E-state index contributed by atoms with van der Waals surface area (Å²) >= 11 is 0. The number of anilines is 1. The number of carbonyl (C=O) groups is 2. The molecule has 0 saturated heterocycles. The summed E-state index contributed by atoms with van der Waals surface area (Å²) in [5.74, 6) is 0.295. The molecular weight excluding hydrogens is 282 g/mol. The Hall–Kier alpha value is -2.76. The minimum absolute atomic E-state index is 0.151. The highest BCUT2D eigenvalue weighted by molar-refractivity contribution is 6.01. The number of likely N-dealkylation sites (N-methyl/N-ethyl adjacent to an activating group) is 1. The summed E-state index contributed by atoms with van der Waals surface area (Å²) < 4.78 is 6.94. The Kier molecular flexibility index (Phi) is 3.58. The van der Waals surface area contributed by atoms with Gasteiger partial charge < -0.3 is 19.5 Å². The molecule has 1 aliphatic heterocycles. The summed E-state index contributed by atoms with van der Waals surface area (Å²) in [6, 6.07) is 10.2. The fraction of sp³-hybridized carbons (Fsp3) is 0.250. The zero-order chi connectivity index (χ0) is 15.7. The molecule has 0 saturated carbocycles. The van der Waals surface area contributed by atoms with E-state index in [1.807, 2.05) is 12.3 Å². The third-order valence-corrected chi connectivity index (χ3v) is 3.85. The van der Waals surface area contributed by atoms with Crippen LogP contribution in [0.3, 0.4) is 0 Å². The van der Waals surface area contributed by atoms with Crippen molar-refractivity contribution >= 4 is 17.5 Å². The molecule has 1 unspecified atom stereocenters. The molecule has 6 heteroatoms. The summed E-state index contributed by atoms with van der Waals surface area (Å²) in [6.07, 6.45) is 1.81. The van der Waals surface area contributed by atoms with Gasteiger partial charge in [0.05, 0.1) is 13.7 Å². The first kappa shape index (κ1) is 14.2. The fourth-order valence-corrected chi connectivity index (χ4v) is 2.58. The van der Waals surface area contributed by atoms with Crippen LogP contribution in [0.4, 0.5) is 5.69 Å². The topological polar surface area (TPSA) is 63.6 Å². The molecule has 3 rings (SSSR count). The average Bonchev–Trinajstić information content (AvgIpc) is 2.99. The van der Waals surface area contributed by atoms with Crippen LogP contribution in [0.15, 0.2) is 42.6 Å². The zero-order valence-electron chi connectivity index (χ0n) is 12.4. The predicted octanol–water partition coefficient (Wildman–Crippen LogP) is 1.59. The zero-order valence-corrected chi connectivity index (χ0v) is 12.4. The van der Waals surface area contributed by atoms with Crippen molar-refractivity contribution in [2.75, 3.05) is 19.5 Å². The number of hydrogen-bond acceptors (Lipinski definition) is 3. The second-order valence-electron chi connectivity index (χ2n) is 5.20. The van der Waals surface area contributed by atoms with Gasteiger partial charge in [0.15, 0.2) is 0 Å². The van der Waals surface area contributed by atoms with Crippen molar-refractivity contribution in [2.24, 2.45) is 0 Å². The standard InChI is InChI=1S/C16H17N3O3/c1-18-14(10-19-8-4-7-13(19)16(18)21)15(20)17-11-5-3-6-12(9-11)22-2/h3-9,14H,10H2,1-2H3,(H,17,20). The van der Waals surface area contributed by atoms with Crippen LogP contribution < -0.4 is 10.1 Å². The third-order valence-electron chi connectivity index (χ3n) is 3.85. The van der Waals surface area contributed by atoms with Gasteiger partial charge in [-0.3, -0.25) is 9.59 Å². The highest BCUT2D eigenvalue weighted by atomic mass is 16.5. The lowest BCUT2D eigenvalue weighted by Gasteiger charge is -2.32. The first-order valence-corrected chi connectivity index (χ1v) is 6.97. The van der Waals surface area contributed by atoms with E-state index in [0.717, 1.165) is 0 Å². The van der Waals surface area contributed by atoms with Gasteiger partial charge in [-0.15, -0.1) is 0 Å². The van der Waals surface area contributed by atoms with E-state index in [-0.39, 0.29) is 11.8 Å². The fourth-order valence-electron chi connectivity index (χ4n) is 2.58. The molecule has 6 nitrogen and oxygen atoms in total. The second kappa shape index (κ2) is 5.55. The van der Waals surface area contributed by atoms with Crippen LogP contribution >= 0.6 is 0 Å². The molecule has 0 bridgehead atoms. The highest BCUT2D eigenvalue weighted by Gasteiger charge is 2.34. The Morgan fingerprint density at radius 2 is 2.14 bits per heavy atom. The summed E-state index contributed by atoms with van der Waals surface area (Å²) in [4.78, 5) is 26.2. The van der Waals surface area contributed by atoms with Crippen molar-refractivity contribution in [3.63, 3.8) is 0 Å². The van der Waals surface area contributed by atoms with Crippen LogP contribution in [0.25, 0.3) is 0 Å². The molecular formula is C16H17N3O3. The minimum atomic E-state index is -0.543. The van der Waals surface area contributed by atoms with Gasteiger partial charge in [0.1, 0.15) is 17.5 Å². The number of nitrogens with zero attached hydrogens (tertiary/aromatic N) is 2. The molecule has 22 heavy (non-hydrogen) atoms. The minimum Gasteiger partial charge on any atom is -0.497 e. The number of aromatic nitrogens is 1. The van der Waals surface area contributed by atoms with Gasteiger partial charge in [-0.25, -0.2) is 0 Å². The number of fused-ring (bicyclic) bond motifs is 1. The SMILES string of the molecule is COc1cccc(NC(=O)C2Cn3cccc3C(=O)N2C)c1. The molecule has 114 valence electrons. The molecule has 0 aliphatic carbocycles. The number of rotatable bonds is 3. The Morgan fingerprint density at radius 3 is 2.91 bits per heavy atom. The maximum atomic E-state index is 12.5. The lowest BCUT2D eigenvalue weighted by atomic mass is 10.1. The van der Waals surface area contributed by atoms with Gasteiger partial charge in [-0.1, -0.05) is 6.07 Å². The van der Waals surface area contributed by atoms with E-state index in [0.29, 0.717) is 23.7 Å². The molecule has 1 aliphatic rings. The summed E-state index contributed by atoms with van der Waals surface area (Å²) in [6.45, 7) is 0.445. The summed E-state index contributed by atoms with van der Waals surface area (Å²) in [5, 5.41) is 2.83. The van der Waals surface area contributed by atoms with E-state index in [1.54, 1.807) is 49.1 Å². The summed E-state index contributed by atoms with van der Waals surface area (Å²) in [7, 11) is 3.22. The molecule has 2 aromatic rings. The lowest BCUT2D eigenvalue weighted by Crippen LogP contribution is -2.51. The van der Waals surface area contributed by atoms with Crippen LogP contribution in [0.1, 0.15) is 10.5 Å². The van der Waals surface area contributed by atoms with E-state index in [9.17, 15) is 9.59 Å². The molecule has 0 spiro atoms. The third kappa shape index (κ3) is 2.43. The number of nitrogens with one attached hydrogen (secondary N) is 1.